The fourth-order valence-electron chi connectivity index (χ4n) is 2.71. The number of ether oxygens (including phenoxy) is 1. The lowest BCUT2D eigenvalue weighted by molar-refractivity contribution is 0.177. The predicted molar refractivity (Wildman–Crippen MR) is 89.2 cm³/mol. The second-order valence-electron chi connectivity index (χ2n) is 5.61. The molecular weight excluding hydrogens is 366 g/mol. The molecule has 0 saturated carbocycles. The molecule has 0 amide bonds. The van der Waals surface area contributed by atoms with E-state index in [0.717, 1.165) is 6.42 Å². The quantitative estimate of drug-likeness (QED) is 0.845. The molecule has 1 aromatic carbocycles. The minimum absolute atomic E-state index is 0.00486. The molecule has 10 heteroatoms. The maximum Gasteiger partial charge on any atom is 0.241 e. The SMILES string of the molecule is COCc1nc2n(n1)CCC[C@@H]2NS(=O)(=O)c1ccc(C#N)c(Cl)c1. The van der Waals surface area contributed by atoms with Crippen molar-refractivity contribution in [1.29, 1.82) is 5.26 Å². The zero-order valence-corrected chi connectivity index (χ0v) is 15.0. The van der Waals surface area contributed by atoms with Crippen LogP contribution in [0.5, 0.6) is 0 Å². The maximum absolute atomic E-state index is 12.7. The van der Waals surface area contributed by atoms with E-state index in [1.54, 1.807) is 11.8 Å². The Bertz CT molecular complexity index is 935. The van der Waals surface area contributed by atoms with Crippen LogP contribution in [-0.4, -0.2) is 30.3 Å². The summed E-state index contributed by atoms with van der Waals surface area (Å²) >= 11 is 5.94. The molecule has 2 aromatic rings. The van der Waals surface area contributed by atoms with Gasteiger partial charge in [0.1, 0.15) is 18.5 Å². The number of nitrogens with one attached hydrogen (secondary N) is 1. The Morgan fingerprint density at radius 3 is 3.00 bits per heavy atom. The number of aromatic nitrogens is 3. The van der Waals surface area contributed by atoms with Crippen molar-refractivity contribution in [3.8, 4) is 6.07 Å². The summed E-state index contributed by atoms with van der Waals surface area (Å²) in [6, 6.07) is 5.44. The van der Waals surface area contributed by atoms with Crippen LogP contribution in [-0.2, 0) is 27.9 Å². The van der Waals surface area contributed by atoms with Crippen molar-refractivity contribution >= 4 is 21.6 Å². The van der Waals surface area contributed by atoms with Crippen LogP contribution in [0.1, 0.15) is 36.1 Å². The Kier molecular flexibility index (Phi) is 5.06. The molecule has 0 spiro atoms. The topological polar surface area (TPSA) is 110 Å². The van der Waals surface area contributed by atoms with Gasteiger partial charge in [0.2, 0.25) is 10.0 Å². The van der Waals surface area contributed by atoms with Crippen LogP contribution in [0, 0.1) is 11.3 Å². The van der Waals surface area contributed by atoms with Crippen LogP contribution in [0.2, 0.25) is 5.02 Å². The van der Waals surface area contributed by atoms with Gasteiger partial charge < -0.3 is 4.74 Å². The minimum atomic E-state index is -3.81. The van der Waals surface area contributed by atoms with Gasteiger partial charge in [0, 0.05) is 13.7 Å². The van der Waals surface area contributed by atoms with Crippen LogP contribution in [0.4, 0.5) is 0 Å². The molecule has 25 heavy (non-hydrogen) atoms. The van der Waals surface area contributed by atoms with E-state index < -0.39 is 16.1 Å². The highest BCUT2D eigenvalue weighted by Crippen LogP contribution is 2.27. The Balaban J connectivity index is 1.87. The summed E-state index contributed by atoms with van der Waals surface area (Å²) in [5, 5.41) is 13.3. The lowest BCUT2D eigenvalue weighted by atomic mass is 10.1. The molecule has 2 heterocycles. The number of methoxy groups -OCH3 is 1. The van der Waals surface area contributed by atoms with E-state index in [-0.39, 0.29) is 22.1 Å². The molecule has 1 atom stereocenters. The van der Waals surface area contributed by atoms with E-state index in [2.05, 4.69) is 14.8 Å². The van der Waals surface area contributed by atoms with Crippen LogP contribution in [0.25, 0.3) is 0 Å². The third kappa shape index (κ3) is 3.67. The smallest absolute Gasteiger partial charge is 0.241 e. The zero-order valence-electron chi connectivity index (χ0n) is 13.4. The third-order valence-corrected chi connectivity index (χ3v) is 5.64. The first kappa shape index (κ1) is 17.8. The standard InChI is InChI=1S/C15H16ClN5O3S/c1-24-9-14-18-15-13(3-2-6-21(15)19-14)20-25(22,23)11-5-4-10(8-17)12(16)7-11/h4-5,7,13,20H,2-3,6,9H2,1H3/t13-/m0/s1. The third-order valence-electron chi connectivity index (χ3n) is 3.86. The monoisotopic (exact) mass is 381 g/mol. The van der Waals surface area contributed by atoms with E-state index in [1.807, 2.05) is 6.07 Å². The minimum Gasteiger partial charge on any atom is -0.377 e. The van der Waals surface area contributed by atoms with Crippen LogP contribution < -0.4 is 4.72 Å². The first-order valence-corrected chi connectivity index (χ1v) is 9.45. The number of sulfonamides is 1. The molecule has 132 valence electrons. The normalized spacial score (nSPS) is 17.1. The lowest BCUT2D eigenvalue weighted by Crippen LogP contribution is -2.33. The van der Waals surface area contributed by atoms with E-state index in [4.69, 9.17) is 21.6 Å². The molecule has 8 nitrogen and oxygen atoms in total. The van der Waals surface area contributed by atoms with Crippen molar-refractivity contribution in [1.82, 2.24) is 19.5 Å². The summed E-state index contributed by atoms with van der Waals surface area (Å²) in [6.45, 7) is 0.956. The highest BCUT2D eigenvalue weighted by molar-refractivity contribution is 7.89. The zero-order chi connectivity index (χ0) is 18.0. The number of fused-ring (bicyclic) bond motifs is 1. The lowest BCUT2D eigenvalue weighted by Gasteiger charge is -2.23. The number of rotatable bonds is 5. The Morgan fingerprint density at radius 1 is 1.52 bits per heavy atom. The molecule has 0 saturated heterocycles. The molecule has 0 fully saturated rings. The van der Waals surface area contributed by atoms with Gasteiger partial charge in [-0.3, -0.25) is 0 Å². The molecule has 0 aliphatic carbocycles. The summed E-state index contributed by atoms with van der Waals surface area (Å²) in [7, 11) is -2.26. The molecule has 0 radical (unpaired) electrons. The van der Waals surface area contributed by atoms with Gasteiger partial charge in [-0.05, 0) is 31.0 Å². The van der Waals surface area contributed by atoms with Gasteiger partial charge in [0.15, 0.2) is 5.82 Å². The molecular formula is C15H16ClN5O3S. The number of halogens is 1. The van der Waals surface area contributed by atoms with Crippen molar-refractivity contribution in [2.24, 2.45) is 0 Å². The molecule has 1 aromatic heterocycles. The van der Waals surface area contributed by atoms with Gasteiger partial charge in [0.25, 0.3) is 0 Å². The highest BCUT2D eigenvalue weighted by Gasteiger charge is 2.29. The molecule has 1 aliphatic rings. The van der Waals surface area contributed by atoms with Crippen molar-refractivity contribution in [3.63, 3.8) is 0 Å². The van der Waals surface area contributed by atoms with Gasteiger partial charge in [-0.15, -0.1) is 0 Å². The van der Waals surface area contributed by atoms with Gasteiger partial charge >= 0.3 is 0 Å². The first-order chi connectivity index (χ1) is 11.9. The van der Waals surface area contributed by atoms with Crippen LogP contribution in [0.3, 0.4) is 0 Å². The molecule has 1 aliphatic heterocycles. The number of aryl methyl sites for hydroxylation is 1. The van der Waals surface area contributed by atoms with Crippen molar-refractivity contribution in [3.05, 3.63) is 40.4 Å². The van der Waals surface area contributed by atoms with Crippen molar-refractivity contribution in [2.45, 2.75) is 36.9 Å². The second-order valence-corrected chi connectivity index (χ2v) is 7.73. The summed E-state index contributed by atoms with van der Waals surface area (Å²) in [4.78, 5) is 4.38. The Hall–Kier alpha value is -1.99. The van der Waals surface area contributed by atoms with Crippen molar-refractivity contribution < 1.29 is 13.2 Å². The highest BCUT2D eigenvalue weighted by atomic mass is 35.5. The van der Waals surface area contributed by atoms with Gasteiger partial charge in [-0.2, -0.15) is 10.4 Å². The average Bonchev–Trinajstić information content (AvgIpc) is 2.98. The average molecular weight is 382 g/mol. The number of hydrogen-bond acceptors (Lipinski definition) is 6. The van der Waals surface area contributed by atoms with E-state index in [0.29, 0.717) is 24.6 Å². The summed E-state index contributed by atoms with van der Waals surface area (Å²) in [5.41, 5.74) is 0.224. The van der Waals surface area contributed by atoms with Gasteiger partial charge in [-0.1, -0.05) is 11.6 Å². The number of benzene rings is 1. The summed E-state index contributed by atoms with van der Waals surface area (Å²) in [6.07, 6.45) is 1.40. The van der Waals surface area contributed by atoms with Crippen LogP contribution in [0.15, 0.2) is 23.1 Å². The maximum atomic E-state index is 12.7. The molecule has 0 bridgehead atoms. The Labute approximate surface area is 150 Å². The number of nitrogens with zero attached hydrogens (tertiary/aromatic N) is 4. The van der Waals surface area contributed by atoms with E-state index in [9.17, 15) is 8.42 Å². The summed E-state index contributed by atoms with van der Waals surface area (Å²) in [5.74, 6) is 1.09. The molecule has 3 rings (SSSR count). The Morgan fingerprint density at radius 2 is 2.32 bits per heavy atom. The van der Waals surface area contributed by atoms with E-state index in [1.165, 1.54) is 18.2 Å². The number of hydrogen-bond donors (Lipinski definition) is 1. The van der Waals surface area contributed by atoms with Crippen LogP contribution >= 0.6 is 11.6 Å². The largest absolute Gasteiger partial charge is 0.377 e. The second kappa shape index (κ2) is 7.09. The number of nitriles is 1. The summed E-state index contributed by atoms with van der Waals surface area (Å²) < 4.78 is 34.7. The van der Waals surface area contributed by atoms with E-state index >= 15 is 0 Å². The predicted octanol–water partition coefficient (Wildman–Crippen LogP) is 1.76. The fourth-order valence-corrected chi connectivity index (χ4v) is 4.25. The van der Waals surface area contributed by atoms with Gasteiger partial charge in [0.05, 0.1) is 21.5 Å². The van der Waals surface area contributed by atoms with Crippen molar-refractivity contribution in [2.75, 3.05) is 7.11 Å². The van der Waals surface area contributed by atoms with Gasteiger partial charge in [-0.25, -0.2) is 22.8 Å². The fraction of sp³-hybridized carbons (Fsp3) is 0.400. The molecule has 1 N–H and O–H groups in total. The molecule has 0 unspecified atom stereocenters. The first-order valence-electron chi connectivity index (χ1n) is 7.59.